The minimum Gasteiger partial charge on any atom is -0.497 e. The molecule has 7 nitrogen and oxygen atoms in total. The zero-order valence-electron chi connectivity index (χ0n) is 16.0. The number of benzene rings is 2. The quantitative estimate of drug-likeness (QED) is 0.576. The number of nitro groups is 1. The third kappa shape index (κ3) is 3.40. The molecule has 1 aliphatic heterocycles. The van der Waals surface area contributed by atoms with Crippen LogP contribution in [0.15, 0.2) is 59.8 Å². The number of Topliss-reactive ketones (excluding diaryl/α,β-unsaturated/α-hetero) is 1. The van der Waals surface area contributed by atoms with E-state index in [2.05, 4.69) is 0 Å². The van der Waals surface area contributed by atoms with Crippen molar-refractivity contribution in [3.63, 3.8) is 0 Å². The number of non-ortho nitro benzene ring substituents is 1. The number of nitrogens with zero attached hydrogens (tertiary/aromatic N) is 2. The summed E-state index contributed by atoms with van der Waals surface area (Å²) >= 11 is 0. The number of methoxy groups -OCH3 is 1. The molecule has 0 radical (unpaired) electrons. The van der Waals surface area contributed by atoms with Gasteiger partial charge in [-0.2, -0.15) is 0 Å². The number of hydrogen-bond acceptors (Lipinski definition) is 5. The van der Waals surface area contributed by atoms with Crippen LogP contribution in [0.5, 0.6) is 5.75 Å². The first-order valence-electron chi connectivity index (χ1n) is 9.47. The van der Waals surface area contributed by atoms with Gasteiger partial charge in [-0.1, -0.05) is 12.1 Å². The number of carbonyl (C=O) groups is 2. The lowest BCUT2D eigenvalue weighted by Crippen LogP contribution is -2.40. The molecule has 2 aromatic rings. The minimum absolute atomic E-state index is 0.0387. The molecule has 0 bridgehead atoms. The highest BCUT2D eigenvalue weighted by atomic mass is 16.6. The van der Waals surface area contributed by atoms with Gasteiger partial charge in [-0.15, -0.1) is 0 Å². The van der Waals surface area contributed by atoms with Crippen LogP contribution in [0.2, 0.25) is 0 Å². The Labute approximate surface area is 167 Å². The Hall–Kier alpha value is -3.48. The van der Waals surface area contributed by atoms with Gasteiger partial charge in [0.1, 0.15) is 5.75 Å². The van der Waals surface area contributed by atoms with E-state index >= 15 is 0 Å². The zero-order valence-corrected chi connectivity index (χ0v) is 16.0. The van der Waals surface area contributed by atoms with E-state index < -0.39 is 4.92 Å². The van der Waals surface area contributed by atoms with E-state index in [1.165, 1.54) is 12.1 Å². The molecule has 4 rings (SSSR count). The first-order valence-corrected chi connectivity index (χ1v) is 9.47. The van der Waals surface area contributed by atoms with Crippen LogP contribution in [-0.2, 0) is 9.59 Å². The van der Waals surface area contributed by atoms with Crippen molar-refractivity contribution in [2.24, 2.45) is 0 Å². The molecule has 2 aromatic carbocycles. The first kappa shape index (κ1) is 18.9. The normalized spacial score (nSPS) is 19.2. The molecule has 148 valence electrons. The molecule has 0 saturated heterocycles. The highest BCUT2D eigenvalue weighted by Crippen LogP contribution is 2.43. The number of ketones is 1. The molecule has 0 saturated carbocycles. The fourth-order valence-electron chi connectivity index (χ4n) is 4.14. The van der Waals surface area contributed by atoms with Gasteiger partial charge in [0.05, 0.1) is 12.0 Å². The van der Waals surface area contributed by atoms with Crippen LogP contribution in [-0.4, -0.2) is 23.7 Å². The Kier molecular flexibility index (Phi) is 4.88. The van der Waals surface area contributed by atoms with Crippen LogP contribution < -0.4 is 9.64 Å². The second kappa shape index (κ2) is 7.50. The summed E-state index contributed by atoms with van der Waals surface area (Å²) in [5.74, 6) is 0.373. The third-order valence-corrected chi connectivity index (χ3v) is 5.51. The number of ether oxygens (including phenoxy) is 1. The van der Waals surface area contributed by atoms with Crippen LogP contribution in [0.3, 0.4) is 0 Å². The van der Waals surface area contributed by atoms with E-state index in [0.717, 1.165) is 5.56 Å². The third-order valence-electron chi connectivity index (χ3n) is 5.51. The van der Waals surface area contributed by atoms with Gasteiger partial charge in [-0.25, -0.2) is 0 Å². The van der Waals surface area contributed by atoms with Crippen LogP contribution in [0.4, 0.5) is 11.4 Å². The second-order valence-electron chi connectivity index (χ2n) is 7.17. The number of rotatable bonds is 4. The molecule has 1 amide bonds. The Morgan fingerprint density at radius 2 is 1.72 bits per heavy atom. The first-order chi connectivity index (χ1) is 14.0. The fourth-order valence-corrected chi connectivity index (χ4v) is 4.14. The molecule has 0 N–H and O–H groups in total. The summed E-state index contributed by atoms with van der Waals surface area (Å²) in [6.45, 7) is 0. The molecule has 1 atom stereocenters. The largest absolute Gasteiger partial charge is 0.497 e. The van der Waals surface area contributed by atoms with Gasteiger partial charge >= 0.3 is 0 Å². The van der Waals surface area contributed by atoms with Crippen molar-refractivity contribution in [1.29, 1.82) is 0 Å². The van der Waals surface area contributed by atoms with Gasteiger partial charge in [0.2, 0.25) is 5.91 Å². The monoisotopic (exact) mass is 392 g/mol. The number of anilines is 1. The summed E-state index contributed by atoms with van der Waals surface area (Å²) in [5.41, 5.74) is 2.82. The SMILES string of the molecule is COc1ccc(C2CC(=O)N(c3ccc([N+](=O)[O-])cc3)C3=C2C(=O)CCC3)cc1. The highest BCUT2D eigenvalue weighted by molar-refractivity contribution is 6.07. The molecule has 1 unspecified atom stereocenters. The Morgan fingerprint density at radius 1 is 1.03 bits per heavy atom. The van der Waals surface area contributed by atoms with Crippen molar-refractivity contribution in [2.45, 2.75) is 31.6 Å². The summed E-state index contributed by atoms with van der Waals surface area (Å²) < 4.78 is 5.20. The molecule has 0 spiro atoms. The predicted molar refractivity (Wildman–Crippen MR) is 107 cm³/mol. The van der Waals surface area contributed by atoms with Crippen molar-refractivity contribution in [2.75, 3.05) is 12.0 Å². The Morgan fingerprint density at radius 3 is 2.34 bits per heavy atom. The van der Waals surface area contributed by atoms with Crippen LogP contribution >= 0.6 is 0 Å². The van der Waals surface area contributed by atoms with Crippen molar-refractivity contribution in [3.05, 3.63) is 75.5 Å². The average molecular weight is 392 g/mol. The van der Waals surface area contributed by atoms with E-state index in [0.29, 0.717) is 42.0 Å². The lowest BCUT2D eigenvalue weighted by Gasteiger charge is -2.38. The van der Waals surface area contributed by atoms with Gasteiger partial charge in [0.25, 0.3) is 5.69 Å². The van der Waals surface area contributed by atoms with Crippen molar-refractivity contribution in [3.8, 4) is 5.75 Å². The lowest BCUT2D eigenvalue weighted by molar-refractivity contribution is -0.384. The van der Waals surface area contributed by atoms with E-state index in [-0.39, 0.29) is 29.7 Å². The summed E-state index contributed by atoms with van der Waals surface area (Å²) in [6.07, 6.45) is 1.95. The molecular formula is C22H20N2O5. The molecular weight excluding hydrogens is 372 g/mol. The van der Waals surface area contributed by atoms with Gasteiger partial charge < -0.3 is 4.74 Å². The van der Waals surface area contributed by atoms with Gasteiger partial charge in [0.15, 0.2) is 5.78 Å². The number of carbonyl (C=O) groups excluding carboxylic acids is 2. The Balaban J connectivity index is 1.78. The summed E-state index contributed by atoms with van der Waals surface area (Å²) in [4.78, 5) is 38.0. The van der Waals surface area contributed by atoms with E-state index in [1.54, 1.807) is 24.1 Å². The molecule has 29 heavy (non-hydrogen) atoms. The smallest absolute Gasteiger partial charge is 0.269 e. The number of nitro benzene ring substituents is 1. The van der Waals surface area contributed by atoms with Gasteiger partial charge in [0, 0.05) is 47.8 Å². The zero-order chi connectivity index (χ0) is 20.5. The second-order valence-corrected chi connectivity index (χ2v) is 7.17. The van der Waals surface area contributed by atoms with Crippen LogP contribution in [0, 0.1) is 10.1 Å². The van der Waals surface area contributed by atoms with E-state index in [4.69, 9.17) is 4.74 Å². The maximum atomic E-state index is 13.1. The minimum atomic E-state index is -0.476. The summed E-state index contributed by atoms with van der Waals surface area (Å²) in [5, 5.41) is 10.9. The molecule has 1 aliphatic carbocycles. The number of hydrogen-bond donors (Lipinski definition) is 0. The molecule has 7 heteroatoms. The lowest BCUT2D eigenvalue weighted by atomic mass is 9.77. The van der Waals surface area contributed by atoms with Crippen molar-refractivity contribution >= 4 is 23.1 Å². The molecule has 0 aromatic heterocycles. The molecule has 2 aliphatic rings. The number of allylic oxidation sites excluding steroid dienone is 2. The number of amides is 1. The summed E-state index contributed by atoms with van der Waals surface area (Å²) in [7, 11) is 1.59. The van der Waals surface area contributed by atoms with E-state index in [1.807, 2.05) is 24.3 Å². The van der Waals surface area contributed by atoms with Crippen LogP contribution in [0.25, 0.3) is 0 Å². The average Bonchev–Trinajstić information content (AvgIpc) is 2.73. The maximum Gasteiger partial charge on any atom is 0.269 e. The topological polar surface area (TPSA) is 89.8 Å². The molecule has 1 heterocycles. The van der Waals surface area contributed by atoms with Crippen molar-refractivity contribution in [1.82, 2.24) is 0 Å². The van der Waals surface area contributed by atoms with Crippen molar-refractivity contribution < 1.29 is 19.2 Å². The van der Waals surface area contributed by atoms with Crippen LogP contribution in [0.1, 0.15) is 37.2 Å². The fraction of sp³-hybridized carbons (Fsp3) is 0.273. The maximum absolute atomic E-state index is 13.1. The van der Waals surface area contributed by atoms with E-state index in [9.17, 15) is 19.7 Å². The standard InChI is InChI=1S/C22H20N2O5/c1-29-17-11-5-14(6-12-17)18-13-21(26)23(19-3-2-4-20(25)22(18)19)15-7-9-16(10-8-15)24(27)28/h5-12,18H,2-4,13H2,1H3. The molecule has 0 fully saturated rings. The highest BCUT2D eigenvalue weighted by Gasteiger charge is 2.39. The van der Waals surface area contributed by atoms with Gasteiger partial charge in [-0.3, -0.25) is 24.6 Å². The summed E-state index contributed by atoms with van der Waals surface area (Å²) in [6, 6.07) is 13.3. The van der Waals surface area contributed by atoms with Gasteiger partial charge in [-0.05, 0) is 42.7 Å². The Bertz CT molecular complexity index is 1010. The predicted octanol–water partition coefficient (Wildman–Crippen LogP) is 4.13.